The number of amides is 1. The van der Waals surface area contributed by atoms with Crippen LogP contribution in [0.3, 0.4) is 0 Å². The molecule has 1 aromatic heterocycles. The van der Waals surface area contributed by atoms with E-state index in [0.29, 0.717) is 52.1 Å². The number of aromatic nitrogens is 2. The number of rotatable bonds is 4. The highest BCUT2D eigenvalue weighted by Gasteiger charge is 2.38. The molecule has 1 atom stereocenters. The van der Waals surface area contributed by atoms with E-state index in [-0.39, 0.29) is 24.2 Å². The molecule has 2 aromatic rings. The number of piperidine rings is 1. The van der Waals surface area contributed by atoms with Crippen molar-refractivity contribution in [3.63, 3.8) is 0 Å². The maximum atomic E-state index is 13.4. The number of hydrogen-bond donors (Lipinski definition) is 0. The zero-order valence-electron chi connectivity index (χ0n) is 18.7. The molecule has 0 saturated carbocycles. The molecule has 10 heteroatoms. The summed E-state index contributed by atoms with van der Waals surface area (Å²) in [6.07, 6.45) is 3.99. The predicted octanol–water partition coefficient (Wildman–Crippen LogP) is 2.47. The van der Waals surface area contributed by atoms with Gasteiger partial charge in [0.05, 0.1) is 23.9 Å². The van der Waals surface area contributed by atoms with E-state index in [1.807, 2.05) is 15.6 Å². The number of benzene rings is 1. The Hall–Kier alpha value is -2.30. The van der Waals surface area contributed by atoms with Gasteiger partial charge in [0.1, 0.15) is 5.82 Å². The van der Waals surface area contributed by atoms with Crippen molar-refractivity contribution in [2.75, 3.05) is 32.7 Å². The highest BCUT2D eigenvalue weighted by Crippen LogP contribution is 2.27. The van der Waals surface area contributed by atoms with Crippen LogP contribution in [-0.4, -0.2) is 70.3 Å². The zero-order chi connectivity index (χ0) is 23.0. The number of aryl methyl sites for hydroxylation is 1. The number of carbonyl (C=O) groups excluding carboxylic acids is 1. The Balaban J connectivity index is 1.29. The van der Waals surface area contributed by atoms with E-state index in [0.717, 1.165) is 36.2 Å². The first-order valence-corrected chi connectivity index (χ1v) is 13.2. The second-order valence-corrected chi connectivity index (χ2v) is 11.1. The lowest BCUT2D eigenvalue weighted by atomic mass is 9.98. The van der Waals surface area contributed by atoms with Gasteiger partial charge in [-0.15, -0.1) is 0 Å². The van der Waals surface area contributed by atoms with Gasteiger partial charge in [0.2, 0.25) is 5.91 Å². The van der Waals surface area contributed by atoms with E-state index in [2.05, 4.69) is 5.10 Å². The molecule has 0 N–H and O–H groups in total. The molecule has 3 aliphatic rings. The molecule has 178 valence electrons. The van der Waals surface area contributed by atoms with Crippen molar-refractivity contribution in [1.82, 2.24) is 23.3 Å². The molecule has 0 bridgehead atoms. The molecule has 0 spiro atoms. The molecule has 2 saturated heterocycles. The Kier molecular flexibility index (Phi) is 6.24. The Morgan fingerprint density at radius 3 is 2.42 bits per heavy atom. The number of halogens is 1. The lowest BCUT2D eigenvalue weighted by Gasteiger charge is -2.35. The Labute approximate surface area is 194 Å². The van der Waals surface area contributed by atoms with E-state index < -0.39 is 10.2 Å². The van der Waals surface area contributed by atoms with Crippen molar-refractivity contribution < 1.29 is 17.6 Å². The fraction of sp³-hybridized carbons (Fsp3) is 0.565. The molecule has 0 radical (unpaired) electrons. The molecule has 1 amide bonds. The highest BCUT2D eigenvalue weighted by molar-refractivity contribution is 7.86. The normalized spacial score (nSPS) is 22.8. The average Bonchev–Trinajstić information content (AvgIpc) is 3.46. The summed E-state index contributed by atoms with van der Waals surface area (Å²) in [7, 11) is -3.49. The van der Waals surface area contributed by atoms with Crippen molar-refractivity contribution in [2.45, 2.75) is 45.2 Å². The summed E-state index contributed by atoms with van der Waals surface area (Å²) in [4.78, 5) is 15.3. The van der Waals surface area contributed by atoms with Crippen LogP contribution >= 0.6 is 0 Å². The summed E-state index contributed by atoms with van der Waals surface area (Å²) < 4.78 is 44.3. The molecule has 4 heterocycles. The van der Waals surface area contributed by atoms with Crippen molar-refractivity contribution in [1.29, 1.82) is 0 Å². The van der Waals surface area contributed by atoms with E-state index >= 15 is 0 Å². The molecular weight excluding hydrogens is 445 g/mol. The summed E-state index contributed by atoms with van der Waals surface area (Å²) in [5, 5.41) is 4.67. The number of nitrogens with zero attached hydrogens (tertiary/aromatic N) is 5. The minimum Gasteiger partial charge on any atom is -0.336 e. The zero-order valence-corrected chi connectivity index (χ0v) is 19.5. The van der Waals surface area contributed by atoms with Crippen LogP contribution < -0.4 is 0 Å². The fourth-order valence-corrected chi connectivity index (χ4v) is 6.88. The third kappa shape index (κ3) is 4.56. The summed E-state index contributed by atoms with van der Waals surface area (Å²) in [6.45, 7) is 3.67. The topological polar surface area (TPSA) is 78.8 Å². The lowest BCUT2D eigenvalue weighted by molar-refractivity contribution is -0.137. The van der Waals surface area contributed by atoms with E-state index in [9.17, 15) is 17.6 Å². The van der Waals surface area contributed by atoms with Crippen molar-refractivity contribution >= 4 is 16.1 Å². The fourth-order valence-electron chi connectivity index (χ4n) is 5.11. The van der Waals surface area contributed by atoms with Gasteiger partial charge < -0.3 is 4.90 Å². The Bertz CT molecular complexity index is 1110. The first kappa shape index (κ1) is 22.5. The number of carbonyl (C=O) groups is 1. The van der Waals surface area contributed by atoms with Crippen molar-refractivity contribution in [3.05, 3.63) is 41.8 Å². The van der Waals surface area contributed by atoms with Gasteiger partial charge in [-0.25, -0.2) is 4.39 Å². The van der Waals surface area contributed by atoms with Crippen molar-refractivity contribution in [3.8, 4) is 11.3 Å². The quantitative estimate of drug-likeness (QED) is 0.681. The second kappa shape index (κ2) is 9.15. The summed E-state index contributed by atoms with van der Waals surface area (Å²) in [5.41, 5.74) is 2.54. The molecule has 1 aromatic carbocycles. The predicted molar refractivity (Wildman–Crippen MR) is 122 cm³/mol. The van der Waals surface area contributed by atoms with Crippen LogP contribution in [0.2, 0.25) is 0 Å². The minimum atomic E-state index is -3.49. The van der Waals surface area contributed by atoms with E-state index in [1.165, 1.54) is 16.4 Å². The average molecular weight is 476 g/mol. The van der Waals surface area contributed by atoms with Crippen LogP contribution in [0.4, 0.5) is 4.39 Å². The minimum absolute atomic E-state index is 0.0225. The van der Waals surface area contributed by atoms with Crippen LogP contribution in [0.15, 0.2) is 30.3 Å². The molecular formula is C23H30FN5O3S. The first-order valence-electron chi connectivity index (χ1n) is 11.8. The standard InChI is InChI=1S/C23H30FN5O3S/c24-20-8-6-18(7-9-20)22-15-21-17-26(10-4-14-29(21)25-22)23(30)19-5-3-13-28(16-19)33(31,32)27-11-1-2-12-27/h6-9,15,19H,1-5,10-14,16-17H2. The highest BCUT2D eigenvalue weighted by atomic mass is 32.2. The summed E-state index contributed by atoms with van der Waals surface area (Å²) in [5.74, 6) is -0.582. The molecule has 2 fully saturated rings. The summed E-state index contributed by atoms with van der Waals surface area (Å²) in [6, 6.07) is 8.21. The van der Waals surface area contributed by atoms with Gasteiger partial charge in [-0.3, -0.25) is 9.48 Å². The maximum Gasteiger partial charge on any atom is 0.281 e. The number of hydrogen-bond acceptors (Lipinski definition) is 4. The molecule has 33 heavy (non-hydrogen) atoms. The molecule has 1 unspecified atom stereocenters. The molecule has 5 rings (SSSR count). The van der Waals surface area contributed by atoms with Gasteiger partial charge >= 0.3 is 0 Å². The SMILES string of the molecule is O=C(C1CCCN(S(=O)(=O)N2CCCC2)C1)N1CCCn2nc(-c3ccc(F)cc3)cc2C1. The van der Waals surface area contributed by atoms with Gasteiger partial charge in [0.15, 0.2) is 0 Å². The molecule has 8 nitrogen and oxygen atoms in total. The summed E-state index contributed by atoms with van der Waals surface area (Å²) >= 11 is 0. The van der Waals surface area contributed by atoms with E-state index in [1.54, 1.807) is 16.4 Å². The van der Waals surface area contributed by atoms with Crippen LogP contribution in [-0.2, 0) is 28.1 Å². The van der Waals surface area contributed by atoms with Gasteiger partial charge in [-0.1, -0.05) is 0 Å². The third-order valence-corrected chi connectivity index (χ3v) is 8.92. The van der Waals surface area contributed by atoms with Crippen molar-refractivity contribution in [2.24, 2.45) is 5.92 Å². The lowest BCUT2D eigenvalue weighted by Crippen LogP contribution is -2.50. The monoisotopic (exact) mass is 475 g/mol. The smallest absolute Gasteiger partial charge is 0.281 e. The third-order valence-electron chi connectivity index (χ3n) is 6.92. The molecule has 0 aliphatic carbocycles. The number of fused-ring (bicyclic) bond motifs is 1. The van der Waals surface area contributed by atoms with E-state index in [4.69, 9.17) is 0 Å². The second-order valence-electron chi connectivity index (χ2n) is 9.18. The van der Waals surface area contributed by atoms with Gasteiger partial charge in [0.25, 0.3) is 10.2 Å². The van der Waals surface area contributed by atoms with Crippen LogP contribution in [0.25, 0.3) is 11.3 Å². The Morgan fingerprint density at radius 2 is 1.67 bits per heavy atom. The Morgan fingerprint density at radius 1 is 0.939 bits per heavy atom. The van der Waals surface area contributed by atoms with Gasteiger partial charge in [0, 0.05) is 44.8 Å². The molecule has 3 aliphatic heterocycles. The first-order chi connectivity index (χ1) is 15.9. The van der Waals surface area contributed by atoms with Crippen LogP contribution in [0.1, 0.15) is 37.8 Å². The largest absolute Gasteiger partial charge is 0.336 e. The van der Waals surface area contributed by atoms with Gasteiger partial charge in [-0.05, 0) is 62.4 Å². The van der Waals surface area contributed by atoms with Crippen LogP contribution in [0.5, 0.6) is 0 Å². The van der Waals surface area contributed by atoms with Gasteiger partial charge in [-0.2, -0.15) is 22.1 Å². The van der Waals surface area contributed by atoms with Crippen LogP contribution in [0, 0.1) is 11.7 Å². The maximum absolute atomic E-state index is 13.4.